The quantitative estimate of drug-likeness (QED) is 0.756. The van der Waals surface area contributed by atoms with Crippen LogP contribution in [0, 0.1) is 12.8 Å². The summed E-state index contributed by atoms with van der Waals surface area (Å²) in [5, 5.41) is 12.2. The minimum absolute atomic E-state index is 0.000116. The molecule has 2 N–H and O–H groups in total. The summed E-state index contributed by atoms with van der Waals surface area (Å²) < 4.78 is 0. The third-order valence-corrected chi connectivity index (χ3v) is 3.65. The van der Waals surface area contributed by atoms with Gasteiger partial charge in [-0.1, -0.05) is 24.6 Å². The summed E-state index contributed by atoms with van der Waals surface area (Å²) in [6.07, 6.45) is 0.129. The zero-order chi connectivity index (χ0) is 14.7. The molecule has 0 radical (unpaired) electrons. The third-order valence-electron chi connectivity index (χ3n) is 3.65. The molecule has 2 amide bonds. The number of nitrogens with zero attached hydrogens (tertiary/aromatic N) is 1. The molecule has 1 aromatic rings. The highest BCUT2D eigenvalue weighted by Crippen LogP contribution is 2.17. The van der Waals surface area contributed by atoms with E-state index in [1.54, 1.807) is 12.1 Å². The van der Waals surface area contributed by atoms with Gasteiger partial charge in [0.05, 0.1) is 6.10 Å². The fourth-order valence-electron chi connectivity index (χ4n) is 2.28. The summed E-state index contributed by atoms with van der Waals surface area (Å²) in [6, 6.07) is 7.28. The molecule has 2 unspecified atom stereocenters. The van der Waals surface area contributed by atoms with Crippen molar-refractivity contribution in [1.29, 1.82) is 0 Å². The number of carbonyl (C=O) groups excluding carboxylic acids is 2. The van der Waals surface area contributed by atoms with Crippen molar-refractivity contribution in [3.8, 4) is 0 Å². The number of aryl methyl sites for hydroxylation is 1. The molecule has 20 heavy (non-hydrogen) atoms. The number of aliphatic hydroxyl groups excluding tert-OH is 1. The Morgan fingerprint density at radius 3 is 2.55 bits per heavy atom. The monoisotopic (exact) mass is 276 g/mol. The minimum Gasteiger partial charge on any atom is -0.393 e. The molecular weight excluding hydrogens is 256 g/mol. The highest BCUT2D eigenvalue weighted by molar-refractivity contribution is 6.39. The van der Waals surface area contributed by atoms with Gasteiger partial charge in [-0.15, -0.1) is 0 Å². The molecule has 1 aliphatic rings. The molecule has 2 rings (SSSR count). The zero-order valence-electron chi connectivity index (χ0n) is 11.8. The lowest BCUT2D eigenvalue weighted by Crippen LogP contribution is -2.48. The lowest BCUT2D eigenvalue weighted by molar-refractivity contribution is -0.145. The van der Waals surface area contributed by atoms with Crippen molar-refractivity contribution < 1.29 is 14.7 Å². The molecule has 2 atom stereocenters. The Kier molecular flexibility index (Phi) is 4.39. The van der Waals surface area contributed by atoms with Crippen LogP contribution in [0.15, 0.2) is 24.3 Å². The van der Waals surface area contributed by atoms with Crippen LogP contribution in [0.4, 0.5) is 5.69 Å². The van der Waals surface area contributed by atoms with Gasteiger partial charge in [0.25, 0.3) is 0 Å². The van der Waals surface area contributed by atoms with E-state index in [1.807, 2.05) is 26.0 Å². The summed E-state index contributed by atoms with van der Waals surface area (Å²) in [6.45, 7) is 4.67. The second-order valence-electron chi connectivity index (χ2n) is 5.40. The molecule has 0 spiro atoms. The van der Waals surface area contributed by atoms with Crippen LogP contribution in [-0.2, 0) is 9.59 Å². The number of carbonyl (C=O) groups is 2. The number of likely N-dealkylation sites (tertiary alicyclic amines) is 1. The highest BCUT2D eigenvalue weighted by atomic mass is 16.3. The third kappa shape index (κ3) is 3.36. The van der Waals surface area contributed by atoms with Crippen LogP contribution in [0.2, 0.25) is 0 Å². The maximum atomic E-state index is 12.1. The Balaban J connectivity index is 1.95. The van der Waals surface area contributed by atoms with E-state index in [4.69, 9.17) is 0 Å². The predicted octanol–water partition coefficient (Wildman–Crippen LogP) is 1.16. The van der Waals surface area contributed by atoms with E-state index in [9.17, 15) is 14.7 Å². The Hall–Kier alpha value is -1.88. The first-order valence-electron chi connectivity index (χ1n) is 6.82. The van der Waals surface area contributed by atoms with Crippen molar-refractivity contribution >= 4 is 17.5 Å². The lowest BCUT2D eigenvalue weighted by Gasteiger charge is -2.33. The largest absolute Gasteiger partial charge is 0.393 e. The van der Waals surface area contributed by atoms with Crippen molar-refractivity contribution in [2.75, 3.05) is 18.4 Å². The van der Waals surface area contributed by atoms with Gasteiger partial charge in [0.2, 0.25) is 0 Å². The van der Waals surface area contributed by atoms with Crippen LogP contribution in [0.3, 0.4) is 0 Å². The standard InChI is InChI=1S/C15H20N2O3/c1-10-3-5-12(6-4-10)16-14(19)15(20)17-8-7-13(18)11(2)9-17/h3-6,11,13,18H,7-9H2,1-2H3,(H,16,19). The van der Waals surface area contributed by atoms with Gasteiger partial charge in [-0.05, 0) is 31.4 Å². The first-order valence-corrected chi connectivity index (χ1v) is 6.82. The van der Waals surface area contributed by atoms with E-state index < -0.39 is 11.8 Å². The fraction of sp³-hybridized carbons (Fsp3) is 0.467. The minimum atomic E-state index is -0.627. The number of hydrogen-bond acceptors (Lipinski definition) is 3. The van der Waals surface area contributed by atoms with Gasteiger partial charge in [0, 0.05) is 18.8 Å². The number of aliphatic hydroxyl groups is 1. The van der Waals surface area contributed by atoms with Gasteiger partial charge in [0.15, 0.2) is 0 Å². The molecule has 5 nitrogen and oxygen atoms in total. The molecule has 0 aromatic heterocycles. The van der Waals surface area contributed by atoms with Gasteiger partial charge < -0.3 is 15.3 Å². The van der Waals surface area contributed by atoms with Crippen molar-refractivity contribution in [1.82, 2.24) is 4.90 Å². The van der Waals surface area contributed by atoms with E-state index in [0.717, 1.165) is 5.56 Å². The van der Waals surface area contributed by atoms with E-state index in [1.165, 1.54) is 4.90 Å². The maximum Gasteiger partial charge on any atom is 0.313 e. The van der Waals surface area contributed by atoms with Crippen LogP contribution in [0.25, 0.3) is 0 Å². The molecule has 1 aromatic carbocycles. The molecule has 0 saturated carbocycles. The van der Waals surface area contributed by atoms with Crippen molar-refractivity contribution in [2.24, 2.45) is 5.92 Å². The number of nitrogens with one attached hydrogen (secondary N) is 1. The number of anilines is 1. The lowest BCUT2D eigenvalue weighted by atomic mass is 9.97. The highest BCUT2D eigenvalue weighted by Gasteiger charge is 2.30. The first kappa shape index (κ1) is 14.5. The van der Waals surface area contributed by atoms with Gasteiger partial charge in [-0.3, -0.25) is 9.59 Å². The molecular formula is C15H20N2O3. The number of rotatable bonds is 1. The number of piperidine rings is 1. The number of hydrogen-bond donors (Lipinski definition) is 2. The Morgan fingerprint density at radius 1 is 1.30 bits per heavy atom. The topological polar surface area (TPSA) is 69.6 Å². The summed E-state index contributed by atoms with van der Waals surface area (Å²) in [7, 11) is 0. The van der Waals surface area contributed by atoms with Gasteiger partial charge >= 0.3 is 11.8 Å². The smallest absolute Gasteiger partial charge is 0.313 e. The molecule has 1 saturated heterocycles. The van der Waals surface area contributed by atoms with Crippen LogP contribution in [0.5, 0.6) is 0 Å². The Morgan fingerprint density at radius 2 is 1.95 bits per heavy atom. The summed E-state index contributed by atoms with van der Waals surface area (Å²) >= 11 is 0. The van der Waals surface area contributed by atoms with Crippen LogP contribution in [-0.4, -0.2) is 41.0 Å². The van der Waals surface area contributed by atoms with E-state index in [0.29, 0.717) is 25.2 Å². The molecule has 108 valence electrons. The molecule has 1 heterocycles. The van der Waals surface area contributed by atoms with Gasteiger partial charge in [-0.2, -0.15) is 0 Å². The second kappa shape index (κ2) is 6.05. The second-order valence-corrected chi connectivity index (χ2v) is 5.40. The van der Waals surface area contributed by atoms with Crippen molar-refractivity contribution in [3.05, 3.63) is 29.8 Å². The van der Waals surface area contributed by atoms with Crippen LogP contribution in [0.1, 0.15) is 18.9 Å². The van der Waals surface area contributed by atoms with Gasteiger partial charge in [0.1, 0.15) is 0 Å². The molecule has 0 aliphatic carbocycles. The Bertz CT molecular complexity index is 498. The number of benzene rings is 1. The van der Waals surface area contributed by atoms with Crippen LogP contribution < -0.4 is 5.32 Å². The zero-order valence-corrected chi connectivity index (χ0v) is 11.8. The van der Waals surface area contributed by atoms with Crippen molar-refractivity contribution in [3.63, 3.8) is 0 Å². The normalized spacial score (nSPS) is 22.4. The van der Waals surface area contributed by atoms with Crippen molar-refractivity contribution in [2.45, 2.75) is 26.4 Å². The SMILES string of the molecule is Cc1ccc(NC(=O)C(=O)N2CCC(O)C(C)C2)cc1. The van der Waals surface area contributed by atoms with E-state index in [2.05, 4.69) is 5.32 Å². The van der Waals surface area contributed by atoms with E-state index >= 15 is 0 Å². The summed E-state index contributed by atoms with van der Waals surface area (Å²) in [5.41, 5.74) is 1.70. The average Bonchev–Trinajstić information content (AvgIpc) is 2.43. The fourth-order valence-corrected chi connectivity index (χ4v) is 2.28. The molecule has 1 fully saturated rings. The molecule has 1 aliphatic heterocycles. The number of amides is 2. The first-order chi connectivity index (χ1) is 9.47. The van der Waals surface area contributed by atoms with Crippen LogP contribution >= 0.6 is 0 Å². The maximum absolute atomic E-state index is 12.1. The predicted molar refractivity (Wildman–Crippen MR) is 76.2 cm³/mol. The summed E-state index contributed by atoms with van der Waals surface area (Å²) in [4.78, 5) is 25.5. The molecule has 5 heteroatoms. The van der Waals surface area contributed by atoms with E-state index in [-0.39, 0.29) is 12.0 Å². The summed E-state index contributed by atoms with van der Waals surface area (Å²) in [5.74, 6) is -1.17. The van der Waals surface area contributed by atoms with Gasteiger partial charge in [-0.25, -0.2) is 0 Å². The Labute approximate surface area is 118 Å². The average molecular weight is 276 g/mol. The molecule has 0 bridgehead atoms.